The van der Waals surface area contributed by atoms with Gasteiger partial charge in [0.25, 0.3) is 0 Å². The van der Waals surface area contributed by atoms with Gasteiger partial charge in [0.1, 0.15) is 0 Å². The number of rotatable bonds is 5. The first-order valence-electron chi connectivity index (χ1n) is 7.27. The van der Waals surface area contributed by atoms with Gasteiger partial charge in [0.2, 0.25) is 0 Å². The quantitative estimate of drug-likeness (QED) is 0.777. The van der Waals surface area contributed by atoms with Crippen LogP contribution < -0.4 is 10.9 Å². The molecule has 1 aromatic carbocycles. The number of aryl methyl sites for hydroxylation is 1. The third-order valence-electron chi connectivity index (χ3n) is 3.56. The molecule has 0 aliphatic rings. The average Bonchev–Trinajstić information content (AvgIpc) is 2.72. The Balaban J connectivity index is 2.16. The van der Waals surface area contributed by atoms with Crippen LogP contribution in [-0.4, -0.2) is 17.2 Å². The minimum Gasteiger partial charge on any atom is -0.299 e. The third kappa shape index (κ3) is 3.31. The summed E-state index contributed by atoms with van der Waals surface area (Å²) in [7, 11) is -1.24. The molecule has 1 aromatic heterocycles. The van der Waals surface area contributed by atoms with Crippen molar-refractivity contribution in [3.05, 3.63) is 52.7 Å². The average molecular weight is 288 g/mol. The fraction of sp³-hybridized carbons (Fsp3) is 0.438. The minimum absolute atomic E-state index is 0.0844. The van der Waals surface area contributed by atoms with E-state index in [4.69, 9.17) is 0 Å². The molecule has 1 heterocycles. The lowest BCUT2D eigenvalue weighted by atomic mass is 10.2. The van der Waals surface area contributed by atoms with E-state index in [0.717, 1.165) is 13.0 Å². The van der Waals surface area contributed by atoms with Crippen molar-refractivity contribution in [2.24, 2.45) is 0 Å². The van der Waals surface area contributed by atoms with E-state index in [1.54, 1.807) is 9.13 Å². The van der Waals surface area contributed by atoms with Gasteiger partial charge in [-0.15, -0.1) is 0 Å². The highest BCUT2D eigenvalue weighted by Gasteiger charge is 2.15. The number of aromatic nitrogens is 2. The van der Waals surface area contributed by atoms with Crippen LogP contribution in [0.3, 0.4) is 0 Å². The molecule has 3 nitrogen and oxygen atoms in total. The van der Waals surface area contributed by atoms with Gasteiger partial charge in [-0.05, 0) is 12.0 Å². The summed E-state index contributed by atoms with van der Waals surface area (Å²) < 4.78 is 3.55. The summed E-state index contributed by atoms with van der Waals surface area (Å²) in [6, 6.07) is 8.74. The van der Waals surface area contributed by atoms with Gasteiger partial charge in [0, 0.05) is 18.9 Å². The zero-order valence-corrected chi connectivity index (χ0v) is 13.9. The van der Waals surface area contributed by atoms with Crippen molar-refractivity contribution in [3.63, 3.8) is 0 Å². The number of hydrogen-bond donors (Lipinski definition) is 0. The molecule has 0 bridgehead atoms. The van der Waals surface area contributed by atoms with Gasteiger partial charge in [-0.1, -0.05) is 56.0 Å². The summed E-state index contributed by atoms with van der Waals surface area (Å²) in [5, 5.41) is 1.46. The van der Waals surface area contributed by atoms with Crippen LogP contribution in [0.5, 0.6) is 0 Å². The van der Waals surface area contributed by atoms with Crippen LogP contribution in [0.15, 0.2) is 41.5 Å². The highest BCUT2D eigenvalue weighted by molar-refractivity contribution is 6.88. The molecule has 2 aromatic rings. The summed E-state index contributed by atoms with van der Waals surface area (Å²) in [6.45, 7) is 10.6. The Morgan fingerprint density at radius 2 is 1.60 bits per heavy atom. The van der Waals surface area contributed by atoms with Crippen LogP contribution in [-0.2, 0) is 13.1 Å². The topological polar surface area (TPSA) is 26.9 Å². The van der Waals surface area contributed by atoms with E-state index in [0.29, 0.717) is 6.54 Å². The molecule has 0 aliphatic carbocycles. The third-order valence-corrected chi connectivity index (χ3v) is 5.62. The van der Waals surface area contributed by atoms with Gasteiger partial charge in [-0.2, -0.15) is 0 Å². The first-order chi connectivity index (χ1) is 9.41. The lowest BCUT2D eigenvalue weighted by Gasteiger charge is -2.16. The molecule has 0 saturated heterocycles. The Morgan fingerprint density at radius 1 is 1.00 bits per heavy atom. The largest absolute Gasteiger partial charge is 0.328 e. The van der Waals surface area contributed by atoms with E-state index in [9.17, 15) is 4.79 Å². The maximum absolute atomic E-state index is 12.1. The van der Waals surface area contributed by atoms with Crippen LogP contribution in [0, 0.1) is 0 Å². The van der Waals surface area contributed by atoms with Crippen LogP contribution in [0.1, 0.15) is 18.9 Å². The Kier molecular flexibility index (Phi) is 4.33. The lowest BCUT2D eigenvalue weighted by Crippen LogP contribution is -2.37. The van der Waals surface area contributed by atoms with E-state index >= 15 is 0 Å². The second kappa shape index (κ2) is 5.83. The van der Waals surface area contributed by atoms with Crippen LogP contribution in [0.2, 0.25) is 19.6 Å². The summed E-state index contributed by atoms with van der Waals surface area (Å²) >= 11 is 0. The minimum atomic E-state index is -1.24. The van der Waals surface area contributed by atoms with Gasteiger partial charge < -0.3 is 0 Å². The normalized spacial score (nSPS) is 11.8. The maximum Gasteiger partial charge on any atom is 0.328 e. The van der Waals surface area contributed by atoms with Gasteiger partial charge in [-0.25, -0.2) is 4.79 Å². The van der Waals surface area contributed by atoms with Crippen molar-refractivity contribution < 1.29 is 0 Å². The fourth-order valence-electron chi connectivity index (χ4n) is 2.29. The number of hydrogen-bond acceptors (Lipinski definition) is 1. The lowest BCUT2D eigenvalue weighted by molar-refractivity contribution is 0.624. The molecule has 0 unspecified atom stereocenters. The molecule has 0 amide bonds. The van der Waals surface area contributed by atoms with Gasteiger partial charge in [0.05, 0.1) is 14.6 Å². The van der Waals surface area contributed by atoms with E-state index in [1.165, 1.54) is 10.8 Å². The second-order valence-electron chi connectivity index (χ2n) is 6.35. The van der Waals surface area contributed by atoms with Crippen LogP contribution in [0.4, 0.5) is 0 Å². The van der Waals surface area contributed by atoms with Gasteiger partial charge in [0.15, 0.2) is 0 Å². The molecule has 0 spiro atoms. The summed E-state index contributed by atoms with van der Waals surface area (Å²) in [4.78, 5) is 12.1. The molecule has 0 N–H and O–H groups in total. The highest BCUT2D eigenvalue weighted by Crippen LogP contribution is 2.05. The number of nitrogens with zero attached hydrogens (tertiary/aromatic N) is 2. The van der Waals surface area contributed by atoms with Crippen molar-refractivity contribution >= 4 is 13.3 Å². The molecule has 0 atom stereocenters. The van der Waals surface area contributed by atoms with Crippen molar-refractivity contribution in [2.75, 3.05) is 0 Å². The summed E-state index contributed by atoms with van der Waals surface area (Å²) in [5.74, 6) is 0. The van der Waals surface area contributed by atoms with Crippen LogP contribution in [0.25, 0.3) is 0 Å². The molecule has 0 fully saturated rings. The highest BCUT2D eigenvalue weighted by atomic mass is 28.3. The smallest absolute Gasteiger partial charge is 0.299 e. The van der Waals surface area contributed by atoms with Crippen molar-refractivity contribution in [1.29, 1.82) is 0 Å². The molecule has 108 valence electrons. The van der Waals surface area contributed by atoms with E-state index < -0.39 is 8.07 Å². The monoisotopic (exact) mass is 288 g/mol. The summed E-state index contributed by atoms with van der Waals surface area (Å²) in [5.41, 5.74) is 1.27. The molecule has 2 rings (SSSR count). The zero-order chi connectivity index (χ0) is 14.8. The fourth-order valence-corrected chi connectivity index (χ4v) is 3.46. The molecule has 20 heavy (non-hydrogen) atoms. The molecule has 0 aliphatic heterocycles. The number of benzene rings is 1. The zero-order valence-electron chi connectivity index (χ0n) is 12.9. The first-order valence-corrected chi connectivity index (χ1v) is 10.8. The Bertz CT molecular complexity index is 617. The van der Waals surface area contributed by atoms with Crippen molar-refractivity contribution in [2.45, 2.75) is 46.1 Å². The SMILES string of the molecule is CCCn1ccn(Cc2ccc([Si](C)(C)C)cc2)c1=O. The molecule has 0 radical (unpaired) electrons. The Morgan fingerprint density at radius 3 is 2.15 bits per heavy atom. The van der Waals surface area contributed by atoms with E-state index in [-0.39, 0.29) is 5.69 Å². The molecular weight excluding hydrogens is 264 g/mol. The van der Waals surface area contributed by atoms with Crippen molar-refractivity contribution in [1.82, 2.24) is 9.13 Å². The second-order valence-corrected chi connectivity index (χ2v) is 11.4. The molecule has 0 saturated carbocycles. The van der Waals surface area contributed by atoms with Gasteiger partial charge >= 0.3 is 5.69 Å². The number of imidazole rings is 1. The Hall–Kier alpha value is -1.55. The van der Waals surface area contributed by atoms with E-state index in [1.807, 2.05) is 12.4 Å². The molecule has 4 heteroatoms. The van der Waals surface area contributed by atoms with Gasteiger partial charge in [-0.3, -0.25) is 9.13 Å². The maximum atomic E-state index is 12.1. The first kappa shape index (κ1) is 14.8. The van der Waals surface area contributed by atoms with Crippen molar-refractivity contribution in [3.8, 4) is 0 Å². The standard InChI is InChI=1S/C16H24N2OSi/c1-5-10-17-11-12-18(16(17)19)13-14-6-8-15(9-7-14)20(2,3)4/h6-9,11-12H,5,10,13H2,1-4H3. The summed E-state index contributed by atoms with van der Waals surface area (Å²) in [6.07, 6.45) is 4.74. The van der Waals surface area contributed by atoms with E-state index in [2.05, 4.69) is 50.8 Å². The molecular formula is C16H24N2OSi. The van der Waals surface area contributed by atoms with Crippen LogP contribution >= 0.6 is 0 Å². The Labute approximate surface area is 121 Å². The predicted octanol–water partition coefficient (Wildman–Crippen LogP) is 2.65. The predicted molar refractivity (Wildman–Crippen MR) is 87.5 cm³/mol.